The molecule has 1 aliphatic heterocycles. The molecule has 0 N–H and O–H groups in total. The van der Waals surface area contributed by atoms with Gasteiger partial charge in [0.2, 0.25) is 5.89 Å². The van der Waals surface area contributed by atoms with Gasteiger partial charge in [-0.15, -0.1) is 0 Å². The van der Waals surface area contributed by atoms with Crippen LogP contribution in [0.2, 0.25) is 0 Å². The van der Waals surface area contributed by atoms with Crippen LogP contribution in [0.3, 0.4) is 0 Å². The zero-order valence-electron chi connectivity index (χ0n) is 14.7. The van der Waals surface area contributed by atoms with Gasteiger partial charge in [0.15, 0.2) is 5.03 Å². The van der Waals surface area contributed by atoms with E-state index in [9.17, 15) is 12.8 Å². The van der Waals surface area contributed by atoms with Gasteiger partial charge in [0.25, 0.3) is 10.0 Å². The van der Waals surface area contributed by atoms with Crippen LogP contribution in [0.4, 0.5) is 4.39 Å². The number of halogens is 1. The van der Waals surface area contributed by atoms with Gasteiger partial charge < -0.3 is 8.98 Å². The van der Waals surface area contributed by atoms with E-state index in [2.05, 4.69) is 9.97 Å². The van der Waals surface area contributed by atoms with Crippen molar-refractivity contribution in [3.63, 3.8) is 0 Å². The zero-order chi connectivity index (χ0) is 19.0. The minimum Gasteiger partial charge on any atom is -0.444 e. The van der Waals surface area contributed by atoms with Gasteiger partial charge in [-0.1, -0.05) is 12.1 Å². The topological polar surface area (TPSA) is 81.2 Å². The summed E-state index contributed by atoms with van der Waals surface area (Å²) in [7, 11) is -1.98. The van der Waals surface area contributed by atoms with Gasteiger partial charge in [-0.2, -0.15) is 4.31 Å². The van der Waals surface area contributed by atoms with Crippen LogP contribution in [0.25, 0.3) is 0 Å². The molecule has 1 fully saturated rings. The van der Waals surface area contributed by atoms with Gasteiger partial charge in [-0.3, -0.25) is 0 Å². The second-order valence-electron chi connectivity index (χ2n) is 6.62. The van der Waals surface area contributed by atoms with Crippen LogP contribution in [0, 0.1) is 5.82 Å². The highest BCUT2D eigenvalue weighted by atomic mass is 32.2. The Bertz CT molecular complexity index is 1040. The number of aryl methyl sites for hydroxylation is 1. The molecule has 0 bridgehead atoms. The van der Waals surface area contributed by atoms with Crippen molar-refractivity contribution in [2.24, 2.45) is 7.05 Å². The molecule has 1 atom stereocenters. The molecular weight excluding hydrogens is 371 g/mol. The highest BCUT2D eigenvalue weighted by Gasteiger charge is 2.39. The largest absolute Gasteiger partial charge is 0.444 e. The molecule has 0 spiro atoms. The molecule has 2 aromatic heterocycles. The van der Waals surface area contributed by atoms with E-state index in [1.54, 1.807) is 29.9 Å². The summed E-state index contributed by atoms with van der Waals surface area (Å²) in [6.07, 6.45) is 6.38. The molecule has 1 saturated heterocycles. The van der Waals surface area contributed by atoms with Crippen LogP contribution in [-0.4, -0.2) is 33.8 Å². The SMILES string of the molecule is Cn1cnc(S(=O)(=O)N2CCCC2c2ncc(Cc3ccc(F)cc3)o2)c1. The monoisotopic (exact) mass is 390 g/mol. The van der Waals surface area contributed by atoms with E-state index in [4.69, 9.17) is 4.42 Å². The number of rotatable bonds is 5. The summed E-state index contributed by atoms with van der Waals surface area (Å²) in [6.45, 7) is 0.402. The number of nitrogens with zero attached hydrogens (tertiary/aromatic N) is 4. The Morgan fingerprint density at radius 3 is 2.74 bits per heavy atom. The summed E-state index contributed by atoms with van der Waals surface area (Å²) < 4.78 is 47.7. The second kappa shape index (κ2) is 6.90. The maximum atomic E-state index is 13.0. The molecule has 0 amide bonds. The lowest BCUT2D eigenvalue weighted by atomic mass is 10.1. The Hall–Kier alpha value is -2.52. The third-order valence-corrected chi connectivity index (χ3v) is 6.40. The van der Waals surface area contributed by atoms with Crippen LogP contribution in [-0.2, 0) is 23.5 Å². The second-order valence-corrected chi connectivity index (χ2v) is 8.46. The third kappa shape index (κ3) is 3.52. The van der Waals surface area contributed by atoms with E-state index in [-0.39, 0.29) is 10.8 Å². The van der Waals surface area contributed by atoms with Crippen LogP contribution in [0.5, 0.6) is 0 Å². The van der Waals surface area contributed by atoms with Gasteiger partial charge in [0, 0.05) is 26.2 Å². The summed E-state index contributed by atoms with van der Waals surface area (Å²) in [5.74, 6) is 0.696. The average Bonchev–Trinajstić information content (AvgIpc) is 3.37. The third-order valence-electron chi connectivity index (χ3n) is 4.61. The molecule has 142 valence electrons. The maximum Gasteiger partial charge on any atom is 0.262 e. The number of aromatic nitrogens is 3. The van der Waals surface area contributed by atoms with Crippen LogP contribution in [0.1, 0.15) is 36.1 Å². The Morgan fingerprint density at radius 2 is 2.04 bits per heavy atom. The minimum absolute atomic E-state index is 0.0231. The Balaban J connectivity index is 1.56. The first-order valence-electron chi connectivity index (χ1n) is 8.62. The summed E-state index contributed by atoms with van der Waals surface area (Å²) in [5.41, 5.74) is 0.892. The van der Waals surface area contributed by atoms with Crippen molar-refractivity contribution in [2.75, 3.05) is 6.54 Å². The Morgan fingerprint density at radius 1 is 1.26 bits per heavy atom. The van der Waals surface area contributed by atoms with E-state index >= 15 is 0 Å². The quantitative estimate of drug-likeness (QED) is 0.669. The molecule has 9 heteroatoms. The van der Waals surface area contributed by atoms with Gasteiger partial charge in [0.1, 0.15) is 17.6 Å². The molecule has 27 heavy (non-hydrogen) atoms. The Kier molecular flexibility index (Phi) is 4.56. The van der Waals surface area contributed by atoms with Crippen molar-refractivity contribution in [1.82, 2.24) is 18.8 Å². The molecule has 4 rings (SSSR count). The molecular formula is C18H19FN4O3S. The van der Waals surface area contributed by atoms with E-state index < -0.39 is 16.1 Å². The summed E-state index contributed by atoms with van der Waals surface area (Å²) in [5, 5.41) is 0.0231. The number of hydrogen-bond donors (Lipinski definition) is 0. The van der Waals surface area contributed by atoms with Crippen molar-refractivity contribution in [1.29, 1.82) is 0 Å². The molecule has 1 aliphatic rings. The Labute approximate surface area is 156 Å². The summed E-state index contributed by atoms with van der Waals surface area (Å²) in [6, 6.07) is 5.71. The lowest BCUT2D eigenvalue weighted by molar-refractivity contribution is 0.321. The van der Waals surface area contributed by atoms with Gasteiger partial charge >= 0.3 is 0 Å². The van der Waals surface area contributed by atoms with Crippen molar-refractivity contribution in [3.8, 4) is 0 Å². The molecule has 0 saturated carbocycles. The molecule has 0 aliphatic carbocycles. The highest BCUT2D eigenvalue weighted by molar-refractivity contribution is 7.89. The number of hydrogen-bond acceptors (Lipinski definition) is 5. The van der Waals surface area contributed by atoms with Crippen LogP contribution < -0.4 is 0 Å². The van der Waals surface area contributed by atoms with E-state index in [0.29, 0.717) is 31.0 Å². The van der Waals surface area contributed by atoms with E-state index in [0.717, 1.165) is 12.0 Å². The van der Waals surface area contributed by atoms with Crippen LogP contribution in [0.15, 0.2) is 52.4 Å². The lowest BCUT2D eigenvalue weighted by Crippen LogP contribution is -2.31. The standard InChI is InChI=1S/C18H19FN4O3S/c1-22-11-17(21-12-22)27(24,25)23-8-2-3-16(23)18-20-10-15(26-18)9-13-4-6-14(19)7-5-13/h4-7,10-12,16H,2-3,8-9H2,1H3. The predicted octanol–water partition coefficient (Wildman–Crippen LogP) is 2.66. The number of sulfonamides is 1. The first kappa shape index (κ1) is 17.9. The zero-order valence-corrected chi connectivity index (χ0v) is 15.6. The van der Waals surface area contributed by atoms with E-state index in [1.807, 2.05) is 0 Å². The van der Waals surface area contributed by atoms with Gasteiger partial charge in [-0.05, 0) is 30.5 Å². The number of oxazole rings is 1. The smallest absolute Gasteiger partial charge is 0.262 e. The fourth-order valence-corrected chi connectivity index (χ4v) is 4.90. The normalized spacial score (nSPS) is 18.2. The lowest BCUT2D eigenvalue weighted by Gasteiger charge is -2.20. The molecule has 3 aromatic rings. The number of imidazole rings is 1. The predicted molar refractivity (Wildman–Crippen MR) is 94.8 cm³/mol. The molecule has 3 heterocycles. The molecule has 0 radical (unpaired) electrons. The fourth-order valence-electron chi connectivity index (χ4n) is 3.28. The minimum atomic E-state index is -3.71. The average molecular weight is 390 g/mol. The van der Waals surface area contributed by atoms with Crippen molar-refractivity contribution in [3.05, 3.63) is 66.0 Å². The van der Waals surface area contributed by atoms with E-state index in [1.165, 1.54) is 29.0 Å². The molecule has 7 nitrogen and oxygen atoms in total. The first-order valence-corrected chi connectivity index (χ1v) is 10.1. The first-order chi connectivity index (χ1) is 12.9. The van der Waals surface area contributed by atoms with Crippen molar-refractivity contribution < 1.29 is 17.2 Å². The summed E-state index contributed by atoms with van der Waals surface area (Å²) >= 11 is 0. The fraction of sp³-hybridized carbons (Fsp3) is 0.333. The van der Waals surface area contributed by atoms with Crippen molar-refractivity contribution in [2.45, 2.75) is 30.3 Å². The molecule has 1 unspecified atom stereocenters. The van der Waals surface area contributed by atoms with Gasteiger partial charge in [0.05, 0.1) is 12.5 Å². The molecule has 1 aromatic carbocycles. The number of benzene rings is 1. The maximum absolute atomic E-state index is 13.0. The van der Waals surface area contributed by atoms with Gasteiger partial charge in [-0.25, -0.2) is 22.8 Å². The highest BCUT2D eigenvalue weighted by Crippen LogP contribution is 2.36. The van der Waals surface area contributed by atoms with Crippen molar-refractivity contribution >= 4 is 10.0 Å². The summed E-state index contributed by atoms with van der Waals surface area (Å²) in [4.78, 5) is 8.28. The van der Waals surface area contributed by atoms with Crippen LogP contribution >= 0.6 is 0 Å².